The molecular weight excluding hydrogens is 264 g/mol. The average molecular weight is 276 g/mol. The Morgan fingerprint density at radius 3 is 2.11 bits per heavy atom. The predicted molar refractivity (Wildman–Crippen MR) is 70.2 cm³/mol. The highest BCUT2D eigenvalue weighted by molar-refractivity contribution is 7.87. The Kier molecular flexibility index (Phi) is 3.66. The monoisotopic (exact) mass is 276 g/mol. The number of hydrogen-bond acceptors (Lipinski definition) is 4. The van der Waals surface area contributed by atoms with E-state index < -0.39 is 16.1 Å². The summed E-state index contributed by atoms with van der Waals surface area (Å²) in [5.41, 5.74) is 1.17. The first kappa shape index (κ1) is 13.3. The standard InChI is InChI=1S/C14H12O4S/c1-11-7-9-12(10-8-11)14(15)18-19(16,17)13-5-3-2-4-6-13/h2-10H,1H3. The van der Waals surface area contributed by atoms with Gasteiger partial charge in [0.15, 0.2) is 0 Å². The van der Waals surface area contributed by atoms with Crippen LogP contribution in [0.15, 0.2) is 59.5 Å². The SMILES string of the molecule is Cc1ccc(C(=O)OS(=O)(=O)c2ccccc2)cc1. The fourth-order valence-corrected chi connectivity index (χ4v) is 2.35. The van der Waals surface area contributed by atoms with Gasteiger partial charge in [0.25, 0.3) is 0 Å². The number of aryl methyl sites for hydroxylation is 1. The number of carbonyl (C=O) groups is 1. The molecule has 0 aliphatic heterocycles. The molecule has 0 aliphatic rings. The molecule has 0 saturated heterocycles. The Labute approximate surface area is 111 Å². The number of carbonyl (C=O) groups excluding carboxylic acids is 1. The molecule has 0 aliphatic carbocycles. The molecule has 0 fully saturated rings. The second-order valence-corrected chi connectivity index (χ2v) is 5.55. The third-order valence-corrected chi connectivity index (χ3v) is 3.72. The molecule has 5 heteroatoms. The Bertz CT molecular complexity index is 673. The van der Waals surface area contributed by atoms with E-state index in [9.17, 15) is 13.2 Å². The summed E-state index contributed by atoms with van der Waals surface area (Å²) in [7, 11) is -4.07. The highest BCUT2D eigenvalue weighted by Crippen LogP contribution is 2.14. The zero-order chi connectivity index (χ0) is 13.9. The number of rotatable bonds is 3. The summed E-state index contributed by atoms with van der Waals surface area (Å²) < 4.78 is 28.3. The van der Waals surface area contributed by atoms with Gasteiger partial charge in [-0.15, -0.1) is 0 Å². The van der Waals surface area contributed by atoms with Crippen molar-refractivity contribution in [1.82, 2.24) is 0 Å². The van der Waals surface area contributed by atoms with Crippen molar-refractivity contribution in [3.8, 4) is 0 Å². The van der Waals surface area contributed by atoms with Crippen LogP contribution in [-0.2, 0) is 14.3 Å². The summed E-state index contributed by atoms with van der Waals surface area (Å²) >= 11 is 0. The third kappa shape index (κ3) is 3.20. The van der Waals surface area contributed by atoms with Crippen molar-refractivity contribution >= 4 is 16.1 Å². The average Bonchev–Trinajstić information content (AvgIpc) is 2.40. The molecule has 2 rings (SSSR count). The topological polar surface area (TPSA) is 60.4 Å². The predicted octanol–water partition coefficient (Wildman–Crippen LogP) is 2.54. The highest BCUT2D eigenvalue weighted by Gasteiger charge is 2.20. The third-order valence-electron chi connectivity index (χ3n) is 2.50. The van der Waals surface area contributed by atoms with Crippen LogP contribution in [-0.4, -0.2) is 14.4 Å². The molecule has 0 N–H and O–H groups in total. The lowest BCUT2D eigenvalue weighted by Gasteiger charge is -2.05. The Balaban J connectivity index is 2.22. The van der Waals surface area contributed by atoms with E-state index in [1.54, 1.807) is 30.3 Å². The molecule has 0 amide bonds. The maximum Gasteiger partial charge on any atom is 0.354 e. The van der Waals surface area contributed by atoms with E-state index in [2.05, 4.69) is 4.18 Å². The first-order valence-electron chi connectivity index (χ1n) is 5.59. The van der Waals surface area contributed by atoms with Crippen molar-refractivity contribution in [2.45, 2.75) is 11.8 Å². The van der Waals surface area contributed by atoms with Gasteiger partial charge in [-0.3, -0.25) is 0 Å². The van der Waals surface area contributed by atoms with E-state index >= 15 is 0 Å². The fraction of sp³-hybridized carbons (Fsp3) is 0.0714. The van der Waals surface area contributed by atoms with Gasteiger partial charge in [0.05, 0.1) is 5.56 Å². The number of benzene rings is 2. The van der Waals surface area contributed by atoms with Gasteiger partial charge in [-0.05, 0) is 31.2 Å². The second-order valence-electron chi connectivity index (χ2n) is 4.00. The van der Waals surface area contributed by atoms with E-state index in [-0.39, 0.29) is 10.5 Å². The minimum Gasteiger partial charge on any atom is -0.338 e. The Morgan fingerprint density at radius 2 is 1.53 bits per heavy atom. The molecular formula is C14H12O4S. The molecule has 0 heterocycles. The Hall–Kier alpha value is -2.14. The summed E-state index contributed by atoms with van der Waals surface area (Å²) in [6.45, 7) is 1.87. The highest BCUT2D eigenvalue weighted by atomic mass is 32.2. The minimum absolute atomic E-state index is 0.0459. The normalized spacial score (nSPS) is 11.0. The van der Waals surface area contributed by atoms with Crippen LogP contribution < -0.4 is 0 Å². The molecule has 0 saturated carbocycles. The lowest BCUT2D eigenvalue weighted by atomic mass is 10.2. The molecule has 0 unspecified atom stereocenters. The van der Waals surface area contributed by atoms with E-state index in [0.29, 0.717) is 0 Å². The van der Waals surface area contributed by atoms with Crippen molar-refractivity contribution < 1.29 is 17.4 Å². The van der Waals surface area contributed by atoms with Crippen LogP contribution in [0.25, 0.3) is 0 Å². The van der Waals surface area contributed by atoms with Gasteiger partial charge in [-0.1, -0.05) is 35.9 Å². The first-order chi connectivity index (χ1) is 8.99. The zero-order valence-electron chi connectivity index (χ0n) is 10.2. The molecule has 2 aromatic carbocycles. The van der Waals surface area contributed by atoms with Crippen LogP contribution in [0.3, 0.4) is 0 Å². The first-order valence-corrected chi connectivity index (χ1v) is 7.00. The molecule has 0 aromatic heterocycles. The summed E-state index contributed by atoms with van der Waals surface area (Å²) in [5, 5.41) is 0. The van der Waals surface area contributed by atoms with Gasteiger partial charge in [-0.25, -0.2) is 4.79 Å². The van der Waals surface area contributed by atoms with Gasteiger partial charge in [0, 0.05) is 0 Å². The van der Waals surface area contributed by atoms with Crippen LogP contribution in [0, 0.1) is 6.92 Å². The fourth-order valence-electron chi connectivity index (χ4n) is 1.47. The van der Waals surface area contributed by atoms with Crippen LogP contribution in [0.5, 0.6) is 0 Å². The van der Waals surface area contributed by atoms with E-state index in [4.69, 9.17) is 0 Å². The molecule has 0 radical (unpaired) electrons. The quantitative estimate of drug-likeness (QED) is 0.808. The molecule has 0 spiro atoms. The molecule has 0 atom stereocenters. The largest absolute Gasteiger partial charge is 0.354 e. The van der Waals surface area contributed by atoms with Gasteiger partial charge >= 0.3 is 16.1 Å². The van der Waals surface area contributed by atoms with E-state index in [0.717, 1.165) is 5.56 Å². The maximum atomic E-state index is 11.8. The molecule has 19 heavy (non-hydrogen) atoms. The maximum absolute atomic E-state index is 11.8. The van der Waals surface area contributed by atoms with Gasteiger partial charge < -0.3 is 4.18 Å². The van der Waals surface area contributed by atoms with Crippen LogP contribution >= 0.6 is 0 Å². The van der Waals surface area contributed by atoms with Crippen LogP contribution in [0.1, 0.15) is 15.9 Å². The zero-order valence-corrected chi connectivity index (χ0v) is 11.1. The van der Waals surface area contributed by atoms with Crippen LogP contribution in [0.4, 0.5) is 0 Å². The summed E-state index contributed by atoms with van der Waals surface area (Å²) in [6, 6.07) is 14.0. The lowest BCUT2D eigenvalue weighted by Crippen LogP contribution is -2.13. The summed E-state index contributed by atoms with van der Waals surface area (Å²) in [6.07, 6.45) is 0. The van der Waals surface area contributed by atoms with Crippen molar-refractivity contribution in [2.24, 2.45) is 0 Å². The Morgan fingerprint density at radius 1 is 0.947 bits per heavy atom. The van der Waals surface area contributed by atoms with Crippen molar-refractivity contribution in [3.05, 3.63) is 65.7 Å². The summed E-state index contributed by atoms with van der Waals surface area (Å²) in [4.78, 5) is 11.7. The number of hydrogen-bond donors (Lipinski definition) is 0. The van der Waals surface area contributed by atoms with Gasteiger partial charge in [0.1, 0.15) is 4.90 Å². The summed E-state index contributed by atoms with van der Waals surface area (Å²) in [5.74, 6) is -0.885. The lowest BCUT2D eigenvalue weighted by molar-refractivity contribution is 0.0746. The molecule has 4 nitrogen and oxygen atoms in total. The van der Waals surface area contributed by atoms with Gasteiger partial charge in [-0.2, -0.15) is 8.42 Å². The minimum atomic E-state index is -4.07. The molecule has 0 bridgehead atoms. The molecule has 2 aromatic rings. The van der Waals surface area contributed by atoms with Crippen molar-refractivity contribution in [3.63, 3.8) is 0 Å². The second kappa shape index (κ2) is 5.24. The van der Waals surface area contributed by atoms with Crippen molar-refractivity contribution in [2.75, 3.05) is 0 Å². The van der Waals surface area contributed by atoms with E-state index in [1.807, 2.05) is 6.92 Å². The van der Waals surface area contributed by atoms with Crippen LogP contribution in [0.2, 0.25) is 0 Å². The molecule has 98 valence electrons. The van der Waals surface area contributed by atoms with Crippen molar-refractivity contribution in [1.29, 1.82) is 0 Å². The van der Waals surface area contributed by atoms with E-state index in [1.165, 1.54) is 24.3 Å². The van der Waals surface area contributed by atoms with Gasteiger partial charge in [0.2, 0.25) is 0 Å². The smallest absolute Gasteiger partial charge is 0.338 e.